The molecule has 0 aliphatic carbocycles. The first-order chi connectivity index (χ1) is 16.0. The smallest absolute Gasteiger partial charge is 0.282 e. The zero-order valence-corrected chi connectivity index (χ0v) is 19.2. The van der Waals surface area contributed by atoms with E-state index in [1.807, 2.05) is 6.92 Å². The minimum Gasteiger partial charge on any atom is -0.494 e. The van der Waals surface area contributed by atoms with E-state index in [0.717, 1.165) is 11.3 Å². The molecular formula is C25H29FN2O5. The molecule has 1 heterocycles. The van der Waals surface area contributed by atoms with E-state index in [9.17, 15) is 14.0 Å². The summed E-state index contributed by atoms with van der Waals surface area (Å²) in [5.74, 6) is -0.880. The zero-order chi connectivity index (χ0) is 23.8. The summed E-state index contributed by atoms with van der Waals surface area (Å²) in [5, 5.41) is 0. The first kappa shape index (κ1) is 24.4. The lowest BCUT2D eigenvalue weighted by atomic mass is 10.0. The lowest BCUT2D eigenvalue weighted by Crippen LogP contribution is -2.37. The Hall–Kier alpha value is -3.23. The van der Waals surface area contributed by atoms with Crippen molar-refractivity contribution in [1.29, 1.82) is 0 Å². The quantitative estimate of drug-likeness (QED) is 0.456. The predicted octanol–water partition coefficient (Wildman–Crippen LogP) is 3.49. The molecule has 0 fully saturated rings. The van der Waals surface area contributed by atoms with Gasteiger partial charge in [-0.05, 0) is 42.3 Å². The molecule has 0 N–H and O–H groups in total. The molecular weight excluding hydrogens is 427 g/mol. The van der Waals surface area contributed by atoms with Crippen LogP contribution in [0.3, 0.4) is 0 Å². The van der Waals surface area contributed by atoms with Crippen LogP contribution < -0.4 is 9.64 Å². The first-order valence-corrected chi connectivity index (χ1v) is 10.9. The molecule has 3 rings (SSSR count). The third-order valence-electron chi connectivity index (χ3n) is 5.19. The number of anilines is 1. The second kappa shape index (κ2) is 11.6. The van der Waals surface area contributed by atoms with Gasteiger partial charge in [0.2, 0.25) is 0 Å². The average molecular weight is 457 g/mol. The monoisotopic (exact) mass is 456 g/mol. The minimum absolute atomic E-state index is 0.179. The fourth-order valence-electron chi connectivity index (χ4n) is 3.60. The molecule has 0 atom stereocenters. The van der Waals surface area contributed by atoms with E-state index in [2.05, 4.69) is 0 Å². The van der Waals surface area contributed by atoms with Crippen molar-refractivity contribution in [3.8, 4) is 5.75 Å². The van der Waals surface area contributed by atoms with Crippen molar-refractivity contribution in [2.24, 2.45) is 0 Å². The van der Waals surface area contributed by atoms with E-state index in [0.29, 0.717) is 44.2 Å². The lowest BCUT2D eigenvalue weighted by molar-refractivity contribution is -0.120. The number of hydrogen-bond donors (Lipinski definition) is 0. The van der Waals surface area contributed by atoms with Crippen molar-refractivity contribution in [2.75, 3.05) is 52.0 Å². The van der Waals surface area contributed by atoms with Crippen LogP contribution in [-0.4, -0.2) is 63.8 Å². The third kappa shape index (κ3) is 5.58. The number of carbonyl (C=O) groups is 2. The van der Waals surface area contributed by atoms with Gasteiger partial charge in [0.15, 0.2) is 0 Å². The summed E-state index contributed by atoms with van der Waals surface area (Å²) in [7, 11) is 3.14. The van der Waals surface area contributed by atoms with Crippen molar-refractivity contribution >= 4 is 23.1 Å². The van der Waals surface area contributed by atoms with Crippen molar-refractivity contribution in [3.05, 3.63) is 65.6 Å². The number of halogens is 1. The molecule has 176 valence electrons. The highest BCUT2D eigenvalue weighted by molar-refractivity contribution is 6.45. The largest absolute Gasteiger partial charge is 0.494 e. The molecule has 0 saturated heterocycles. The number of imide groups is 1. The van der Waals surface area contributed by atoms with Gasteiger partial charge in [0.1, 0.15) is 17.3 Å². The number of methoxy groups -OCH3 is 2. The molecule has 2 amide bonds. The highest BCUT2D eigenvalue weighted by Gasteiger charge is 2.42. The fraction of sp³-hybridized carbons (Fsp3) is 0.360. The maximum atomic E-state index is 13.9. The fourth-order valence-corrected chi connectivity index (χ4v) is 3.60. The summed E-state index contributed by atoms with van der Waals surface area (Å²) in [6, 6.07) is 12.5. The average Bonchev–Trinajstić information content (AvgIpc) is 3.08. The topological polar surface area (TPSA) is 68.3 Å². The second-order valence-electron chi connectivity index (χ2n) is 7.49. The van der Waals surface area contributed by atoms with E-state index in [-0.39, 0.29) is 17.0 Å². The standard InChI is InChI=1S/C25H29FN2O5/c1-4-14-33-21-10-8-18(9-11-21)22-23(27(12-15-31-2)13-16-32-3)25(30)28(24(22)29)20-7-5-6-19(26)17-20/h5-11,17H,4,12-16H2,1-3H3. The van der Waals surface area contributed by atoms with Crippen LogP contribution >= 0.6 is 0 Å². The lowest BCUT2D eigenvalue weighted by Gasteiger charge is -2.25. The van der Waals surface area contributed by atoms with E-state index < -0.39 is 17.6 Å². The molecule has 33 heavy (non-hydrogen) atoms. The number of ether oxygens (including phenoxy) is 3. The van der Waals surface area contributed by atoms with E-state index in [1.165, 1.54) is 24.3 Å². The summed E-state index contributed by atoms with van der Waals surface area (Å²) in [6.45, 7) is 4.07. The molecule has 7 nitrogen and oxygen atoms in total. The van der Waals surface area contributed by atoms with Crippen LogP contribution in [0.4, 0.5) is 10.1 Å². The van der Waals surface area contributed by atoms with Gasteiger partial charge in [-0.3, -0.25) is 9.59 Å². The van der Waals surface area contributed by atoms with Crippen LogP contribution in [0, 0.1) is 5.82 Å². The molecule has 8 heteroatoms. The Morgan fingerprint density at radius 1 is 0.909 bits per heavy atom. The van der Waals surface area contributed by atoms with Crippen molar-refractivity contribution < 1.29 is 28.2 Å². The Bertz CT molecular complexity index is 998. The summed E-state index contributed by atoms with van der Waals surface area (Å²) < 4.78 is 30.0. The molecule has 0 aromatic heterocycles. The molecule has 0 saturated carbocycles. The van der Waals surface area contributed by atoms with Crippen LogP contribution in [-0.2, 0) is 19.1 Å². The molecule has 0 spiro atoms. The SMILES string of the molecule is CCCOc1ccc(C2=C(N(CCOC)CCOC)C(=O)N(c3cccc(F)c3)C2=O)cc1. The van der Waals surface area contributed by atoms with Gasteiger partial charge >= 0.3 is 0 Å². The van der Waals surface area contributed by atoms with Crippen LogP contribution in [0.2, 0.25) is 0 Å². The predicted molar refractivity (Wildman–Crippen MR) is 123 cm³/mol. The summed E-state index contributed by atoms with van der Waals surface area (Å²) in [5.41, 5.74) is 1.24. The van der Waals surface area contributed by atoms with Gasteiger partial charge in [0.25, 0.3) is 11.8 Å². The normalized spacial score (nSPS) is 13.8. The number of rotatable bonds is 12. The Kier molecular flexibility index (Phi) is 8.57. The van der Waals surface area contributed by atoms with Crippen LogP contribution in [0.5, 0.6) is 5.75 Å². The Balaban J connectivity index is 2.07. The van der Waals surface area contributed by atoms with Gasteiger partial charge in [0, 0.05) is 27.3 Å². The molecule has 0 radical (unpaired) electrons. The molecule has 2 aromatic rings. The zero-order valence-electron chi connectivity index (χ0n) is 19.2. The summed E-state index contributed by atoms with van der Waals surface area (Å²) in [6.07, 6.45) is 0.876. The molecule has 0 bridgehead atoms. The van der Waals surface area contributed by atoms with Gasteiger partial charge in [-0.1, -0.05) is 25.1 Å². The highest BCUT2D eigenvalue weighted by Crippen LogP contribution is 2.35. The molecule has 2 aromatic carbocycles. The molecule has 1 aliphatic heterocycles. The second-order valence-corrected chi connectivity index (χ2v) is 7.49. The third-order valence-corrected chi connectivity index (χ3v) is 5.19. The Labute approximate surface area is 193 Å². The van der Waals surface area contributed by atoms with Crippen molar-refractivity contribution in [3.63, 3.8) is 0 Å². The van der Waals surface area contributed by atoms with E-state index in [1.54, 1.807) is 43.4 Å². The van der Waals surface area contributed by atoms with E-state index in [4.69, 9.17) is 14.2 Å². The molecule has 1 aliphatic rings. The van der Waals surface area contributed by atoms with Gasteiger partial charge in [-0.25, -0.2) is 9.29 Å². The first-order valence-electron chi connectivity index (χ1n) is 10.9. The van der Waals surface area contributed by atoms with Crippen LogP contribution in [0.15, 0.2) is 54.2 Å². The molecule has 0 unspecified atom stereocenters. The Morgan fingerprint density at radius 3 is 2.15 bits per heavy atom. The van der Waals surface area contributed by atoms with Crippen LogP contribution in [0.25, 0.3) is 5.57 Å². The van der Waals surface area contributed by atoms with Gasteiger partial charge in [-0.2, -0.15) is 0 Å². The number of carbonyl (C=O) groups excluding carboxylic acids is 2. The van der Waals surface area contributed by atoms with Crippen molar-refractivity contribution in [2.45, 2.75) is 13.3 Å². The summed E-state index contributed by atoms with van der Waals surface area (Å²) in [4.78, 5) is 29.9. The number of hydrogen-bond acceptors (Lipinski definition) is 6. The van der Waals surface area contributed by atoms with E-state index >= 15 is 0 Å². The Morgan fingerprint density at radius 2 is 1.58 bits per heavy atom. The van der Waals surface area contributed by atoms with Gasteiger partial charge in [-0.15, -0.1) is 0 Å². The van der Waals surface area contributed by atoms with Gasteiger partial charge < -0.3 is 19.1 Å². The van der Waals surface area contributed by atoms with Crippen LogP contribution in [0.1, 0.15) is 18.9 Å². The highest BCUT2D eigenvalue weighted by atomic mass is 19.1. The van der Waals surface area contributed by atoms with Gasteiger partial charge in [0.05, 0.1) is 31.1 Å². The maximum Gasteiger partial charge on any atom is 0.282 e. The number of benzene rings is 2. The number of amides is 2. The minimum atomic E-state index is -0.531. The summed E-state index contributed by atoms with van der Waals surface area (Å²) >= 11 is 0. The van der Waals surface area contributed by atoms with Crippen molar-refractivity contribution in [1.82, 2.24) is 4.90 Å². The maximum absolute atomic E-state index is 13.9. The number of nitrogens with zero attached hydrogens (tertiary/aromatic N) is 2.